The number of fused-ring (bicyclic) bond motifs is 1. The van der Waals surface area contributed by atoms with E-state index in [1.54, 1.807) is 19.2 Å². The number of nitrogens with zero attached hydrogens (tertiary/aromatic N) is 3. The molecule has 1 saturated heterocycles. The Morgan fingerprint density at radius 3 is 2.77 bits per heavy atom. The average molecular weight is 402 g/mol. The van der Waals surface area contributed by atoms with E-state index in [0.717, 1.165) is 22.2 Å². The minimum absolute atomic E-state index is 0.00396. The molecule has 1 aliphatic heterocycles. The first-order chi connectivity index (χ1) is 14.6. The molecule has 2 heterocycles. The lowest BCUT2D eigenvalue weighted by Gasteiger charge is -2.34. The summed E-state index contributed by atoms with van der Waals surface area (Å²) in [5, 5.41) is 13.5. The van der Waals surface area contributed by atoms with Gasteiger partial charge in [-0.1, -0.05) is 30.3 Å². The summed E-state index contributed by atoms with van der Waals surface area (Å²) in [5.74, 6) is -0.348. The number of nitriles is 1. The number of rotatable bonds is 4. The number of halogens is 1. The molecular formula is C24H23FN4O. The first-order valence-electron chi connectivity index (χ1n) is 10.1. The van der Waals surface area contributed by atoms with Gasteiger partial charge in [0.05, 0.1) is 16.8 Å². The Labute approximate surface area is 175 Å². The van der Waals surface area contributed by atoms with E-state index in [0.29, 0.717) is 43.6 Å². The van der Waals surface area contributed by atoms with Gasteiger partial charge in [-0.2, -0.15) is 5.26 Å². The van der Waals surface area contributed by atoms with Crippen LogP contribution in [-0.2, 0) is 11.3 Å². The van der Waals surface area contributed by atoms with Crippen LogP contribution in [0.4, 0.5) is 10.1 Å². The second-order valence-electron chi connectivity index (χ2n) is 7.71. The molecule has 0 saturated carbocycles. The molecule has 0 aliphatic carbocycles. The molecule has 1 N–H and O–H groups in total. The molecule has 2 aromatic carbocycles. The van der Waals surface area contributed by atoms with E-state index in [2.05, 4.69) is 21.3 Å². The van der Waals surface area contributed by atoms with E-state index in [9.17, 15) is 14.4 Å². The highest BCUT2D eigenvalue weighted by Crippen LogP contribution is 2.32. The van der Waals surface area contributed by atoms with Gasteiger partial charge >= 0.3 is 0 Å². The van der Waals surface area contributed by atoms with Gasteiger partial charge < -0.3 is 10.2 Å². The van der Waals surface area contributed by atoms with Crippen molar-refractivity contribution in [1.82, 2.24) is 10.3 Å². The Hall–Kier alpha value is -3.46. The molecule has 1 aliphatic rings. The van der Waals surface area contributed by atoms with E-state index in [4.69, 9.17) is 0 Å². The third kappa shape index (κ3) is 3.97. The number of amides is 1. The van der Waals surface area contributed by atoms with Crippen molar-refractivity contribution in [1.29, 1.82) is 5.26 Å². The number of aromatic nitrogens is 1. The molecule has 5 nitrogen and oxygen atoms in total. The van der Waals surface area contributed by atoms with Crippen molar-refractivity contribution in [2.24, 2.45) is 5.92 Å². The molecule has 0 spiro atoms. The van der Waals surface area contributed by atoms with Crippen LogP contribution in [0.5, 0.6) is 0 Å². The zero-order chi connectivity index (χ0) is 21.1. The van der Waals surface area contributed by atoms with E-state index < -0.39 is 0 Å². The maximum Gasteiger partial charge on any atom is 0.223 e. The number of nitrogens with one attached hydrogen (secondary N) is 1. The van der Waals surface area contributed by atoms with Gasteiger partial charge in [0, 0.05) is 37.1 Å². The molecule has 4 rings (SSSR count). The number of hydrogen-bond acceptors (Lipinski definition) is 4. The Balaban J connectivity index is 1.42. The SMILES string of the molecule is Cc1ccc(CNC(=O)C2CCN(c3c(C#N)cnc4ccccc34)CC2)cc1F. The summed E-state index contributed by atoms with van der Waals surface area (Å²) in [6.07, 6.45) is 3.03. The van der Waals surface area contributed by atoms with Crippen LogP contribution in [-0.4, -0.2) is 24.0 Å². The van der Waals surface area contributed by atoms with Crippen molar-refractivity contribution in [3.8, 4) is 6.07 Å². The number of carbonyl (C=O) groups is 1. The topological polar surface area (TPSA) is 69.0 Å². The molecule has 152 valence electrons. The molecule has 0 unspecified atom stereocenters. The average Bonchev–Trinajstić information content (AvgIpc) is 2.79. The van der Waals surface area contributed by atoms with E-state index >= 15 is 0 Å². The number of pyridine rings is 1. The minimum atomic E-state index is -0.257. The summed E-state index contributed by atoms with van der Waals surface area (Å²) in [4.78, 5) is 19.2. The lowest BCUT2D eigenvalue weighted by molar-refractivity contribution is -0.125. The molecule has 0 bridgehead atoms. The number of aryl methyl sites for hydroxylation is 1. The Morgan fingerprint density at radius 1 is 1.27 bits per heavy atom. The van der Waals surface area contributed by atoms with Crippen LogP contribution in [0.1, 0.15) is 29.5 Å². The van der Waals surface area contributed by atoms with Crippen LogP contribution >= 0.6 is 0 Å². The third-order valence-electron chi connectivity index (χ3n) is 5.75. The number of hydrogen-bond donors (Lipinski definition) is 1. The maximum absolute atomic E-state index is 13.7. The molecule has 30 heavy (non-hydrogen) atoms. The van der Waals surface area contributed by atoms with Gasteiger partial charge in [-0.15, -0.1) is 0 Å². The fourth-order valence-electron chi connectivity index (χ4n) is 3.99. The van der Waals surface area contributed by atoms with E-state index in [1.807, 2.05) is 30.3 Å². The summed E-state index contributed by atoms with van der Waals surface area (Å²) in [7, 11) is 0. The van der Waals surface area contributed by atoms with Crippen LogP contribution < -0.4 is 10.2 Å². The molecule has 1 aromatic heterocycles. The Bertz CT molecular complexity index is 1130. The first-order valence-corrected chi connectivity index (χ1v) is 10.1. The second-order valence-corrected chi connectivity index (χ2v) is 7.71. The zero-order valence-corrected chi connectivity index (χ0v) is 16.9. The summed E-state index contributed by atoms with van der Waals surface area (Å²) >= 11 is 0. The van der Waals surface area contributed by atoms with Crippen LogP contribution in [0.2, 0.25) is 0 Å². The van der Waals surface area contributed by atoms with Crippen molar-refractivity contribution in [2.45, 2.75) is 26.3 Å². The summed E-state index contributed by atoms with van der Waals surface area (Å²) < 4.78 is 13.7. The minimum Gasteiger partial charge on any atom is -0.370 e. The predicted octanol–water partition coefficient (Wildman–Crippen LogP) is 4.09. The molecule has 1 fully saturated rings. The predicted molar refractivity (Wildman–Crippen MR) is 114 cm³/mol. The largest absolute Gasteiger partial charge is 0.370 e. The number of anilines is 1. The fourth-order valence-corrected chi connectivity index (χ4v) is 3.99. The maximum atomic E-state index is 13.7. The first kappa shape index (κ1) is 19.8. The fraction of sp³-hybridized carbons (Fsp3) is 0.292. The highest BCUT2D eigenvalue weighted by Gasteiger charge is 2.27. The van der Waals surface area contributed by atoms with Crippen LogP contribution in [0, 0.1) is 30.0 Å². The lowest BCUT2D eigenvalue weighted by atomic mass is 9.94. The highest BCUT2D eigenvalue weighted by molar-refractivity contribution is 5.94. The van der Waals surface area contributed by atoms with E-state index in [1.165, 1.54) is 6.07 Å². The Kier molecular flexibility index (Phi) is 5.62. The van der Waals surface area contributed by atoms with Gasteiger partial charge in [-0.05, 0) is 43.0 Å². The van der Waals surface area contributed by atoms with Crippen LogP contribution in [0.15, 0.2) is 48.7 Å². The second kappa shape index (κ2) is 8.50. The van der Waals surface area contributed by atoms with Gasteiger partial charge in [0.25, 0.3) is 0 Å². The zero-order valence-electron chi connectivity index (χ0n) is 16.9. The van der Waals surface area contributed by atoms with Crippen molar-refractivity contribution in [3.63, 3.8) is 0 Å². The van der Waals surface area contributed by atoms with Gasteiger partial charge in [0.15, 0.2) is 0 Å². The summed E-state index contributed by atoms with van der Waals surface area (Å²) in [6.45, 7) is 3.43. The molecule has 0 radical (unpaired) electrons. The van der Waals surface area contributed by atoms with Crippen molar-refractivity contribution >= 4 is 22.5 Å². The summed E-state index contributed by atoms with van der Waals surface area (Å²) in [5.41, 5.74) is 3.66. The monoisotopic (exact) mass is 402 g/mol. The van der Waals surface area contributed by atoms with Crippen molar-refractivity contribution in [3.05, 3.63) is 71.2 Å². The van der Waals surface area contributed by atoms with E-state index in [-0.39, 0.29) is 17.6 Å². The van der Waals surface area contributed by atoms with Crippen molar-refractivity contribution in [2.75, 3.05) is 18.0 Å². The van der Waals surface area contributed by atoms with Gasteiger partial charge in [0.1, 0.15) is 11.9 Å². The van der Waals surface area contributed by atoms with Crippen molar-refractivity contribution < 1.29 is 9.18 Å². The Morgan fingerprint density at radius 2 is 2.03 bits per heavy atom. The van der Waals surface area contributed by atoms with Gasteiger partial charge in [0.2, 0.25) is 5.91 Å². The molecule has 1 amide bonds. The summed E-state index contributed by atoms with van der Waals surface area (Å²) in [6, 6.07) is 15.1. The number of para-hydroxylation sites is 1. The van der Waals surface area contributed by atoms with Gasteiger partial charge in [-0.3, -0.25) is 9.78 Å². The molecule has 0 atom stereocenters. The van der Waals surface area contributed by atoms with Gasteiger partial charge in [-0.25, -0.2) is 4.39 Å². The number of carbonyl (C=O) groups excluding carboxylic acids is 1. The number of piperidine rings is 1. The molecular weight excluding hydrogens is 379 g/mol. The smallest absolute Gasteiger partial charge is 0.223 e. The highest BCUT2D eigenvalue weighted by atomic mass is 19.1. The molecule has 3 aromatic rings. The van der Waals surface area contributed by atoms with Crippen LogP contribution in [0.25, 0.3) is 10.9 Å². The number of benzene rings is 2. The lowest BCUT2D eigenvalue weighted by Crippen LogP contribution is -2.40. The van der Waals surface area contributed by atoms with Crippen LogP contribution in [0.3, 0.4) is 0 Å². The molecule has 6 heteroatoms. The normalized spacial score (nSPS) is 14.5. The quantitative estimate of drug-likeness (QED) is 0.714. The standard InChI is InChI=1S/C24H23FN4O/c1-16-6-7-17(12-21(16)25)14-28-24(30)18-8-10-29(11-9-18)23-19(13-26)15-27-22-5-3-2-4-20(22)23/h2-7,12,15,18H,8-11,14H2,1H3,(H,28,30). The third-order valence-corrected chi connectivity index (χ3v) is 5.75.